The first kappa shape index (κ1) is 18.3. The monoisotopic (exact) mass is 395 g/mol. The van der Waals surface area contributed by atoms with Crippen molar-refractivity contribution in [3.05, 3.63) is 77.0 Å². The minimum atomic E-state index is -3.78. The van der Waals surface area contributed by atoms with Gasteiger partial charge in [0.15, 0.2) is 9.84 Å². The van der Waals surface area contributed by atoms with Crippen molar-refractivity contribution >= 4 is 33.0 Å². The topological polar surface area (TPSA) is 46.2 Å². The van der Waals surface area contributed by atoms with Crippen molar-refractivity contribution in [2.45, 2.75) is 34.9 Å². The quantitative estimate of drug-likeness (QED) is 0.761. The second kappa shape index (κ2) is 6.67. The van der Waals surface area contributed by atoms with Crippen LogP contribution in [0.25, 0.3) is 0 Å². The molecular formula is C19H19Cl2NO2S. The van der Waals surface area contributed by atoms with Crippen LogP contribution in [0.1, 0.15) is 24.8 Å². The maximum atomic E-state index is 13.7. The molecule has 1 N–H and O–H groups in total. The number of halogens is 2. The number of alkyl halides is 1. The van der Waals surface area contributed by atoms with Crippen LogP contribution in [-0.4, -0.2) is 19.2 Å². The fraction of sp³-hybridized carbons (Fsp3) is 0.263. The van der Waals surface area contributed by atoms with Gasteiger partial charge in [-0.05, 0) is 49.4 Å². The lowest BCUT2D eigenvalue weighted by atomic mass is 9.88. The molecule has 25 heavy (non-hydrogen) atoms. The largest absolute Gasteiger partial charge is 0.386 e. The summed E-state index contributed by atoms with van der Waals surface area (Å²) in [5, 5.41) is 2.75. The second-order valence-corrected chi connectivity index (χ2v) is 9.21. The Morgan fingerprint density at radius 1 is 1.08 bits per heavy atom. The molecule has 0 radical (unpaired) electrons. The summed E-state index contributed by atoms with van der Waals surface area (Å²) < 4.78 is 26.1. The van der Waals surface area contributed by atoms with Crippen LogP contribution < -0.4 is 5.32 Å². The molecule has 3 nitrogen and oxygen atoms in total. The van der Waals surface area contributed by atoms with Crippen molar-refractivity contribution in [3.63, 3.8) is 0 Å². The summed E-state index contributed by atoms with van der Waals surface area (Å²) in [4.78, 5) is 0.246. The molecule has 0 spiro atoms. The number of hydrogen-bond donors (Lipinski definition) is 1. The Labute approximate surface area is 158 Å². The molecule has 2 aromatic carbocycles. The first-order chi connectivity index (χ1) is 11.8. The third-order valence-corrected chi connectivity index (χ3v) is 8.61. The van der Waals surface area contributed by atoms with Crippen molar-refractivity contribution in [2.24, 2.45) is 0 Å². The van der Waals surface area contributed by atoms with E-state index in [9.17, 15) is 8.42 Å². The zero-order chi connectivity index (χ0) is 18.2. The second-order valence-electron chi connectivity index (χ2n) is 6.21. The molecule has 1 aliphatic heterocycles. The summed E-state index contributed by atoms with van der Waals surface area (Å²) in [7, 11) is -3.78. The number of nitrogens with one attached hydrogen (secondary N) is 1. The first-order valence-electron chi connectivity index (χ1n) is 7.95. The van der Waals surface area contributed by atoms with E-state index in [0.717, 1.165) is 0 Å². The van der Waals surface area contributed by atoms with Crippen LogP contribution in [0, 0.1) is 0 Å². The summed E-state index contributed by atoms with van der Waals surface area (Å²) in [6, 6.07) is 15.1. The lowest BCUT2D eigenvalue weighted by Gasteiger charge is -2.39. The van der Waals surface area contributed by atoms with E-state index in [4.69, 9.17) is 23.2 Å². The molecule has 1 aliphatic rings. The Balaban J connectivity index is 2.27. The van der Waals surface area contributed by atoms with Gasteiger partial charge >= 0.3 is 0 Å². The number of hydrogen-bond acceptors (Lipinski definition) is 3. The van der Waals surface area contributed by atoms with Crippen LogP contribution in [0.2, 0.25) is 5.02 Å². The highest BCUT2D eigenvalue weighted by Crippen LogP contribution is 2.51. The predicted octanol–water partition coefficient (Wildman–Crippen LogP) is 4.73. The van der Waals surface area contributed by atoms with Crippen LogP contribution in [0.5, 0.6) is 0 Å². The minimum absolute atomic E-state index is 0.246. The van der Waals surface area contributed by atoms with Crippen LogP contribution in [0.4, 0.5) is 0 Å². The molecule has 3 unspecified atom stereocenters. The van der Waals surface area contributed by atoms with Gasteiger partial charge in [-0.2, -0.15) is 0 Å². The lowest BCUT2D eigenvalue weighted by Crippen LogP contribution is -2.52. The van der Waals surface area contributed by atoms with E-state index in [1.807, 2.05) is 13.0 Å². The number of sulfone groups is 1. The molecule has 6 heteroatoms. The Kier molecular flexibility index (Phi) is 4.89. The summed E-state index contributed by atoms with van der Waals surface area (Å²) in [6.07, 6.45) is 1.73. The van der Waals surface area contributed by atoms with Gasteiger partial charge in [0.1, 0.15) is 4.75 Å². The third kappa shape index (κ3) is 2.67. The molecule has 2 aromatic rings. The molecule has 0 saturated heterocycles. The summed E-state index contributed by atoms with van der Waals surface area (Å²) >= 11 is 13.2. The molecule has 0 bridgehead atoms. The zero-order valence-electron chi connectivity index (χ0n) is 13.9. The highest BCUT2D eigenvalue weighted by atomic mass is 35.5. The molecule has 1 heterocycles. The highest BCUT2D eigenvalue weighted by Gasteiger charge is 2.58. The smallest absolute Gasteiger partial charge is 0.191 e. The van der Waals surface area contributed by atoms with Gasteiger partial charge in [-0.1, -0.05) is 48.0 Å². The molecule has 0 amide bonds. The summed E-state index contributed by atoms with van der Waals surface area (Å²) in [5.74, 6) is 0. The maximum Gasteiger partial charge on any atom is 0.191 e. The van der Waals surface area contributed by atoms with Crippen molar-refractivity contribution in [1.29, 1.82) is 0 Å². The first-order valence-corrected chi connectivity index (χ1v) is 10.2. The predicted molar refractivity (Wildman–Crippen MR) is 103 cm³/mol. The average Bonchev–Trinajstić information content (AvgIpc) is 2.91. The number of rotatable bonds is 4. The van der Waals surface area contributed by atoms with Gasteiger partial charge in [-0.15, -0.1) is 11.6 Å². The Hall–Kier alpha value is -1.49. The van der Waals surface area contributed by atoms with Crippen LogP contribution in [-0.2, 0) is 9.84 Å². The summed E-state index contributed by atoms with van der Waals surface area (Å²) in [5.41, 5.74) is 1.28. The van der Waals surface area contributed by atoms with Crippen LogP contribution in [0.15, 0.2) is 71.3 Å². The van der Waals surface area contributed by atoms with E-state index >= 15 is 0 Å². The van der Waals surface area contributed by atoms with Gasteiger partial charge in [0.2, 0.25) is 0 Å². The van der Waals surface area contributed by atoms with Crippen LogP contribution >= 0.6 is 23.2 Å². The Bertz CT molecular complexity index is 912. The molecule has 3 atom stereocenters. The van der Waals surface area contributed by atoms with Crippen molar-refractivity contribution in [2.75, 3.05) is 0 Å². The van der Waals surface area contributed by atoms with Gasteiger partial charge in [0, 0.05) is 11.1 Å². The normalized spacial score (nSPS) is 24.5. The molecular weight excluding hydrogens is 377 g/mol. The van der Waals surface area contributed by atoms with Gasteiger partial charge in [-0.25, -0.2) is 8.42 Å². The minimum Gasteiger partial charge on any atom is -0.386 e. The van der Waals surface area contributed by atoms with Crippen molar-refractivity contribution in [3.8, 4) is 0 Å². The van der Waals surface area contributed by atoms with E-state index < -0.39 is 26.0 Å². The maximum absolute atomic E-state index is 13.7. The molecule has 132 valence electrons. The molecule has 0 fully saturated rings. The van der Waals surface area contributed by atoms with E-state index in [2.05, 4.69) is 5.32 Å². The van der Waals surface area contributed by atoms with Gasteiger partial charge < -0.3 is 5.32 Å². The third-order valence-electron chi connectivity index (χ3n) is 4.86. The highest BCUT2D eigenvalue weighted by molar-refractivity contribution is 7.93. The Morgan fingerprint density at radius 2 is 1.68 bits per heavy atom. The summed E-state index contributed by atoms with van der Waals surface area (Å²) in [6.45, 7) is 3.63. The van der Waals surface area contributed by atoms with E-state index in [1.54, 1.807) is 61.7 Å². The van der Waals surface area contributed by atoms with Crippen molar-refractivity contribution in [1.82, 2.24) is 5.32 Å². The van der Waals surface area contributed by atoms with E-state index in [1.165, 1.54) is 0 Å². The van der Waals surface area contributed by atoms with Gasteiger partial charge in [0.25, 0.3) is 0 Å². The standard InChI is InChI=1S/C19H19Cl2NO2S/c1-13-12-22-14(2)19(13,18(21)16-10-6-7-11-17(16)20)25(23,24)15-8-4-3-5-9-15/h3-12,14,18,22H,1-2H3. The van der Waals surface area contributed by atoms with Gasteiger partial charge in [0.05, 0.1) is 10.3 Å². The zero-order valence-corrected chi connectivity index (χ0v) is 16.2. The lowest BCUT2D eigenvalue weighted by molar-refractivity contribution is 0.476. The fourth-order valence-electron chi connectivity index (χ4n) is 3.53. The average molecular weight is 396 g/mol. The molecule has 0 saturated carbocycles. The number of benzene rings is 2. The molecule has 0 aromatic heterocycles. The molecule has 0 aliphatic carbocycles. The molecule has 3 rings (SSSR count). The fourth-order valence-corrected chi connectivity index (χ4v) is 7.06. The van der Waals surface area contributed by atoms with Gasteiger partial charge in [-0.3, -0.25) is 0 Å². The van der Waals surface area contributed by atoms with E-state index in [0.29, 0.717) is 16.2 Å². The van der Waals surface area contributed by atoms with Crippen molar-refractivity contribution < 1.29 is 8.42 Å². The SMILES string of the molecule is CC1=CNC(C)C1(C(Cl)c1ccccc1Cl)S(=O)(=O)c1ccccc1. The van der Waals surface area contributed by atoms with E-state index in [-0.39, 0.29) is 4.90 Å². The Morgan fingerprint density at radius 3 is 2.24 bits per heavy atom. The van der Waals surface area contributed by atoms with Crippen LogP contribution in [0.3, 0.4) is 0 Å².